The number of terminal acetylenes is 1. The summed E-state index contributed by atoms with van der Waals surface area (Å²) in [6.07, 6.45) is 7.97. The lowest BCUT2D eigenvalue weighted by Gasteiger charge is -2.22. The molecule has 1 saturated heterocycles. The zero-order valence-corrected chi connectivity index (χ0v) is 6.68. The van der Waals surface area contributed by atoms with Crippen molar-refractivity contribution in [1.29, 1.82) is 0 Å². The van der Waals surface area contributed by atoms with E-state index in [0.717, 1.165) is 19.4 Å². The Kier molecular flexibility index (Phi) is 2.92. The molecular formula is C9H14O2. The molecule has 0 bridgehead atoms. The Balaban J connectivity index is 2.46. The molecule has 0 aliphatic carbocycles. The van der Waals surface area contributed by atoms with E-state index in [-0.39, 0.29) is 0 Å². The van der Waals surface area contributed by atoms with Crippen molar-refractivity contribution in [3.05, 3.63) is 0 Å². The van der Waals surface area contributed by atoms with Gasteiger partial charge in [-0.05, 0) is 12.8 Å². The molecule has 1 fully saturated rings. The molecule has 0 aromatic heterocycles. The highest BCUT2D eigenvalue weighted by Crippen LogP contribution is 2.23. The fourth-order valence-corrected chi connectivity index (χ4v) is 1.36. The van der Waals surface area contributed by atoms with Crippen LogP contribution < -0.4 is 0 Å². The van der Waals surface area contributed by atoms with E-state index < -0.39 is 5.60 Å². The summed E-state index contributed by atoms with van der Waals surface area (Å²) in [4.78, 5) is 0. The van der Waals surface area contributed by atoms with Gasteiger partial charge in [0.25, 0.3) is 0 Å². The summed E-state index contributed by atoms with van der Waals surface area (Å²) in [5.41, 5.74) is -0.648. The lowest BCUT2D eigenvalue weighted by atomic mass is 9.92. The van der Waals surface area contributed by atoms with Gasteiger partial charge in [0.1, 0.15) is 0 Å². The maximum atomic E-state index is 9.83. The average molecular weight is 154 g/mol. The van der Waals surface area contributed by atoms with E-state index in [1.54, 1.807) is 0 Å². The second-order valence-corrected chi connectivity index (χ2v) is 3.07. The van der Waals surface area contributed by atoms with Crippen molar-refractivity contribution in [3.8, 4) is 12.3 Å². The van der Waals surface area contributed by atoms with E-state index in [9.17, 15) is 5.11 Å². The van der Waals surface area contributed by atoms with Gasteiger partial charge in [-0.3, -0.25) is 0 Å². The zero-order valence-electron chi connectivity index (χ0n) is 6.68. The Morgan fingerprint density at radius 2 is 2.27 bits per heavy atom. The number of hydrogen-bond donors (Lipinski definition) is 1. The molecule has 1 unspecified atom stereocenters. The molecule has 62 valence electrons. The maximum absolute atomic E-state index is 9.83. The van der Waals surface area contributed by atoms with Gasteiger partial charge in [0.2, 0.25) is 0 Å². The van der Waals surface area contributed by atoms with Crippen LogP contribution in [0.3, 0.4) is 0 Å². The predicted octanol–water partition coefficient (Wildman–Crippen LogP) is 0.941. The molecule has 1 N–H and O–H groups in total. The van der Waals surface area contributed by atoms with E-state index >= 15 is 0 Å². The van der Waals surface area contributed by atoms with Crippen molar-refractivity contribution in [2.24, 2.45) is 0 Å². The maximum Gasteiger partial charge on any atom is 0.0779 e. The number of rotatable bonds is 1. The standard InChI is InChI=1S/C9H14O2/c1-2-4-9(10)5-3-7-11-8-6-9/h1,10H,3-8H2. The molecule has 0 saturated carbocycles. The smallest absolute Gasteiger partial charge is 0.0779 e. The van der Waals surface area contributed by atoms with Crippen LogP contribution in [0, 0.1) is 12.3 Å². The molecule has 0 aromatic rings. The number of ether oxygens (including phenoxy) is 1. The van der Waals surface area contributed by atoms with Gasteiger partial charge in [-0.1, -0.05) is 0 Å². The van der Waals surface area contributed by atoms with Crippen LogP contribution in [0.2, 0.25) is 0 Å². The summed E-state index contributed by atoms with van der Waals surface area (Å²) in [5, 5.41) is 9.83. The largest absolute Gasteiger partial charge is 0.389 e. The molecule has 1 heterocycles. The Morgan fingerprint density at radius 1 is 1.45 bits per heavy atom. The molecule has 1 aliphatic rings. The van der Waals surface area contributed by atoms with Gasteiger partial charge in [-0.25, -0.2) is 0 Å². The lowest BCUT2D eigenvalue weighted by molar-refractivity contribution is 0.0233. The molecule has 2 heteroatoms. The monoisotopic (exact) mass is 154 g/mol. The van der Waals surface area contributed by atoms with Crippen LogP contribution in [0.4, 0.5) is 0 Å². The first kappa shape index (κ1) is 8.58. The minimum absolute atomic E-state index is 0.455. The fourth-order valence-electron chi connectivity index (χ4n) is 1.36. The highest BCUT2D eigenvalue weighted by atomic mass is 16.5. The molecular weight excluding hydrogens is 140 g/mol. The van der Waals surface area contributed by atoms with Gasteiger partial charge in [0.05, 0.1) is 5.60 Å². The van der Waals surface area contributed by atoms with Crippen LogP contribution in [0.15, 0.2) is 0 Å². The molecule has 1 rings (SSSR count). The van der Waals surface area contributed by atoms with E-state index in [0.29, 0.717) is 19.4 Å². The van der Waals surface area contributed by atoms with Crippen LogP contribution in [-0.2, 0) is 4.74 Å². The Hall–Kier alpha value is -0.520. The zero-order chi connectivity index (χ0) is 8.16. The second-order valence-electron chi connectivity index (χ2n) is 3.07. The van der Waals surface area contributed by atoms with Gasteiger partial charge in [-0.2, -0.15) is 0 Å². The average Bonchev–Trinajstić information content (AvgIpc) is 2.15. The van der Waals surface area contributed by atoms with Crippen LogP contribution in [-0.4, -0.2) is 23.9 Å². The minimum atomic E-state index is -0.648. The molecule has 1 aliphatic heterocycles. The van der Waals surface area contributed by atoms with E-state index in [2.05, 4.69) is 5.92 Å². The SMILES string of the molecule is C#CCC1(O)CCCOCC1. The predicted molar refractivity (Wildman–Crippen MR) is 43.1 cm³/mol. The summed E-state index contributed by atoms with van der Waals surface area (Å²) >= 11 is 0. The quantitative estimate of drug-likeness (QED) is 0.569. The topological polar surface area (TPSA) is 29.5 Å². The van der Waals surface area contributed by atoms with Crippen molar-refractivity contribution in [1.82, 2.24) is 0 Å². The van der Waals surface area contributed by atoms with Gasteiger partial charge in [0, 0.05) is 26.1 Å². The fraction of sp³-hybridized carbons (Fsp3) is 0.778. The molecule has 0 spiro atoms. The Morgan fingerprint density at radius 3 is 3.00 bits per heavy atom. The Bertz CT molecular complexity index is 149. The molecule has 11 heavy (non-hydrogen) atoms. The first-order valence-corrected chi connectivity index (χ1v) is 4.00. The van der Waals surface area contributed by atoms with Crippen molar-refractivity contribution >= 4 is 0 Å². The third-order valence-electron chi connectivity index (χ3n) is 2.07. The van der Waals surface area contributed by atoms with Gasteiger partial charge in [-0.15, -0.1) is 12.3 Å². The number of aliphatic hydroxyl groups is 1. The van der Waals surface area contributed by atoms with Crippen LogP contribution in [0.5, 0.6) is 0 Å². The van der Waals surface area contributed by atoms with Crippen molar-refractivity contribution < 1.29 is 9.84 Å². The minimum Gasteiger partial charge on any atom is -0.389 e. The second kappa shape index (κ2) is 3.75. The molecule has 2 nitrogen and oxygen atoms in total. The third kappa shape index (κ3) is 2.53. The highest BCUT2D eigenvalue weighted by molar-refractivity contribution is 4.95. The first-order valence-electron chi connectivity index (χ1n) is 4.00. The van der Waals surface area contributed by atoms with Crippen LogP contribution in [0.1, 0.15) is 25.7 Å². The molecule has 1 atom stereocenters. The molecule has 0 radical (unpaired) electrons. The number of hydrogen-bond acceptors (Lipinski definition) is 2. The van der Waals surface area contributed by atoms with Crippen molar-refractivity contribution in [2.45, 2.75) is 31.3 Å². The lowest BCUT2D eigenvalue weighted by Crippen LogP contribution is -2.28. The van der Waals surface area contributed by atoms with E-state index in [1.165, 1.54) is 0 Å². The summed E-state index contributed by atoms with van der Waals surface area (Å²) in [6, 6.07) is 0. The highest BCUT2D eigenvalue weighted by Gasteiger charge is 2.26. The summed E-state index contributed by atoms with van der Waals surface area (Å²) < 4.78 is 5.21. The molecule has 0 aromatic carbocycles. The van der Waals surface area contributed by atoms with Crippen molar-refractivity contribution in [2.75, 3.05) is 13.2 Å². The van der Waals surface area contributed by atoms with Crippen molar-refractivity contribution in [3.63, 3.8) is 0 Å². The van der Waals surface area contributed by atoms with E-state index in [4.69, 9.17) is 11.2 Å². The summed E-state index contributed by atoms with van der Waals surface area (Å²) in [7, 11) is 0. The third-order valence-corrected chi connectivity index (χ3v) is 2.07. The summed E-state index contributed by atoms with van der Waals surface area (Å²) in [5.74, 6) is 2.50. The normalized spacial score (nSPS) is 32.4. The first-order chi connectivity index (χ1) is 5.27. The Labute approximate surface area is 67.6 Å². The van der Waals surface area contributed by atoms with Crippen LogP contribution in [0.25, 0.3) is 0 Å². The van der Waals surface area contributed by atoms with Gasteiger partial charge in [0.15, 0.2) is 0 Å². The summed E-state index contributed by atoms with van der Waals surface area (Å²) in [6.45, 7) is 1.39. The van der Waals surface area contributed by atoms with Gasteiger partial charge >= 0.3 is 0 Å². The van der Waals surface area contributed by atoms with E-state index in [1.807, 2.05) is 0 Å². The van der Waals surface area contributed by atoms with Crippen LogP contribution >= 0.6 is 0 Å². The van der Waals surface area contributed by atoms with Gasteiger partial charge < -0.3 is 9.84 Å². The molecule has 0 amide bonds.